The van der Waals surface area contributed by atoms with Crippen molar-refractivity contribution in [3.05, 3.63) is 83.3 Å². The number of rotatable bonds is 10. The SMILES string of the molecule is CC[C@H](C)N(Cc1ccc(C(C)C)cc1)Cc1nc(C(=O)NCc2cccnc2)co1. The molecule has 1 N–H and O–H groups in total. The van der Waals surface area contributed by atoms with Crippen LogP contribution in [0.1, 0.15) is 73.1 Å². The van der Waals surface area contributed by atoms with Crippen molar-refractivity contribution >= 4 is 5.91 Å². The Balaban J connectivity index is 1.62. The molecule has 0 saturated carbocycles. The Bertz CT molecular complexity index is 951. The minimum atomic E-state index is -0.252. The molecule has 0 aliphatic rings. The Morgan fingerprint density at radius 3 is 2.52 bits per heavy atom. The molecule has 0 spiro atoms. The molecule has 3 rings (SSSR count). The summed E-state index contributed by atoms with van der Waals surface area (Å²) in [7, 11) is 0. The second-order valence-corrected chi connectivity index (χ2v) is 8.23. The third kappa shape index (κ3) is 6.49. The average molecular weight is 421 g/mol. The van der Waals surface area contributed by atoms with E-state index in [1.54, 1.807) is 12.4 Å². The lowest BCUT2D eigenvalue weighted by Crippen LogP contribution is -2.32. The number of hydrogen-bond acceptors (Lipinski definition) is 5. The van der Waals surface area contributed by atoms with E-state index in [4.69, 9.17) is 4.42 Å². The first-order chi connectivity index (χ1) is 15.0. The first kappa shape index (κ1) is 22.7. The van der Waals surface area contributed by atoms with E-state index in [1.165, 1.54) is 17.4 Å². The van der Waals surface area contributed by atoms with Gasteiger partial charge in [-0.2, -0.15) is 0 Å². The van der Waals surface area contributed by atoms with Crippen molar-refractivity contribution in [2.75, 3.05) is 0 Å². The highest BCUT2D eigenvalue weighted by Gasteiger charge is 2.18. The van der Waals surface area contributed by atoms with Crippen LogP contribution in [0.15, 0.2) is 59.5 Å². The van der Waals surface area contributed by atoms with Gasteiger partial charge in [-0.05, 0) is 42.0 Å². The smallest absolute Gasteiger partial charge is 0.273 e. The molecule has 6 nitrogen and oxygen atoms in total. The van der Waals surface area contributed by atoms with E-state index in [0.29, 0.717) is 36.6 Å². The molecule has 0 radical (unpaired) electrons. The summed E-state index contributed by atoms with van der Waals surface area (Å²) >= 11 is 0. The van der Waals surface area contributed by atoms with Gasteiger partial charge in [0.2, 0.25) is 5.89 Å². The summed E-state index contributed by atoms with van der Waals surface area (Å²) in [6, 6.07) is 12.9. The van der Waals surface area contributed by atoms with Gasteiger partial charge in [-0.25, -0.2) is 4.98 Å². The molecule has 0 bridgehead atoms. The van der Waals surface area contributed by atoms with Gasteiger partial charge in [0.1, 0.15) is 6.26 Å². The van der Waals surface area contributed by atoms with Gasteiger partial charge >= 0.3 is 0 Å². The molecule has 0 aliphatic carbocycles. The summed E-state index contributed by atoms with van der Waals surface area (Å²) in [5.74, 6) is 0.818. The van der Waals surface area contributed by atoms with Crippen LogP contribution in [0.3, 0.4) is 0 Å². The van der Waals surface area contributed by atoms with Crippen LogP contribution in [0.4, 0.5) is 0 Å². The maximum Gasteiger partial charge on any atom is 0.273 e. The number of aromatic nitrogens is 2. The van der Waals surface area contributed by atoms with Crippen molar-refractivity contribution in [2.45, 2.75) is 65.7 Å². The van der Waals surface area contributed by atoms with Crippen molar-refractivity contribution in [1.29, 1.82) is 0 Å². The fourth-order valence-corrected chi connectivity index (χ4v) is 3.31. The minimum Gasteiger partial charge on any atom is -0.447 e. The van der Waals surface area contributed by atoms with Gasteiger partial charge in [0.25, 0.3) is 5.91 Å². The standard InChI is InChI=1S/C25H32N4O2/c1-5-19(4)29(15-20-8-10-22(11-9-20)18(2)3)16-24-28-23(17-31-24)25(30)27-14-21-7-6-12-26-13-21/h6-13,17-19H,5,14-16H2,1-4H3,(H,27,30)/t19-/m0/s1. The molecule has 1 atom stereocenters. The molecule has 164 valence electrons. The predicted molar refractivity (Wildman–Crippen MR) is 121 cm³/mol. The van der Waals surface area contributed by atoms with Gasteiger partial charge in [0.05, 0.1) is 6.54 Å². The second-order valence-electron chi connectivity index (χ2n) is 8.23. The zero-order valence-corrected chi connectivity index (χ0v) is 18.8. The van der Waals surface area contributed by atoms with Gasteiger partial charge in [-0.15, -0.1) is 0 Å². The summed E-state index contributed by atoms with van der Waals surface area (Å²) in [4.78, 5) is 23.2. The van der Waals surface area contributed by atoms with Crippen molar-refractivity contribution in [2.24, 2.45) is 0 Å². The van der Waals surface area contributed by atoms with Crippen molar-refractivity contribution in [1.82, 2.24) is 20.2 Å². The second kappa shape index (κ2) is 10.9. The molecule has 1 aromatic carbocycles. The van der Waals surface area contributed by atoms with Crippen LogP contribution in [-0.2, 0) is 19.6 Å². The highest BCUT2D eigenvalue weighted by atomic mass is 16.3. The Hall–Kier alpha value is -2.99. The summed E-state index contributed by atoms with van der Waals surface area (Å²) < 4.78 is 5.63. The maximum absolute atomic E-state index is 12.4. The molecule has 0 aliphatic heterocycles. The van der Waals surface area contributed by atoms with Gasteiger partial charge in [0.15, 0.2) is 5.69 Å². The number of amides is 1. The molecule has 2 aromatic heterocycles. The third-order valence-electron chi connectivity index (χ3n) is 5.54. The number of carbonyl (C=O) groups excluding carboxylic acids is 1. The first-order valence-electron chi connectivity index (χ1n) is 10.9. The van der Waals surface area contributed by atoms with Crippen LogP contribution >= 0.6 is 0 Å². The zero-order chi connectivity index (χ0) is 22.2. The highest BCUT2D eigenvalue weighted by molar-refractivity contribution is 5.91. The molecule has 1 amide bonds. The molecule has 0 saturated heterocycles. The lowest BCUT2D eigenvalue weighted by Gasteiger charge is -2.27. The van der Waals surface area contributed by atoms with Crippen LogP contribution in [0.5, 0.6) is 0 Å². The molecule has 0 fully saturated rings. The van der Waals surface area contributed by atoms with Crippen LogP contribution in [0.25, 0.3) is 0 Å². The normalized spacial score (nSPS) is 12.3. The topological polar surface area (TPSA) is 71.3 Å². The van der Waals surface area contributed by atoms with Gasteiger partial charge in [-0.3, -0.25) is 14.7 Å². The number of carbonyl (C=O) groups is 1. The molecule has 6 heteroatoms. The molecular formula is C25H32N4O2. The fraction of sp³-hybridized carbons (Fsp3) is 0.400. The van der Waals surface area contributed by atoms with Crippen LogP contribution < -0.4 is 5.32 Å². The number of benzene rings is 1. The molecule has 3 aromatic rings. The monoisotopic (exact) mass is 420 g/mol. The number of hydrogen-bond donors (Lipinski definition) is 1. The number of nitrogens with one attached hydrogen (secondary N) is 1. The molecule has 2 heterocycles. The lowest BCUT2D eigenvalue weighted by atomic mass is 10.0. The van der Waals surface area contributed by atoms with Gasteiger partial charge in [0, 0.05) is 31.5 Å². The van der Waals surface area contributed by atoms with Crippen molar-refractivity contribution < 1.29 is 9.21 Å². The van der Waals surface area contributed by atoms with Crippen molar-refractivity contribution in [3.8, 4) is 0 Å². The number of oxazole rings is 1. The van der Waals surface area contributed by atoms with Crippen molar-refractivity contribution in [3.63, 3.8) is 0 Å². The van der Waals surface area contributed by atoms with E-state index in [2.05, 4.69) is 72.1 Å². The Morgan fingerprint density at radius 2 is 1.87 bits per heavy atom. The van der Waals surface area contributed by atoms with E-state index < -0.39 is 0 Å². The fourth-order valence-electron chi connectivity index (χ4n) is 3.31. The summed E-state index contributed by atoms with van der Waals surface area (Å²) in [5, 5.41) is 2.85. The van der Waals surface area contributed by atoms with E-state index in [0.717, 1.165) is 18.5 Å². The van der Waals surface area contributed by atoms with Crippen LogP contribution in [-0.4, -0.2) is 26.8 Å². The zero-order valence-electron chi connectivity index (χ0n) is 18.8. The Kier molecular flexibility index (Phi) is 7.95. The minimum absolute atomic E-state index is 0.252. The third-order valence-corrected chi connectivity index (χ3v) is 5.54. The summed E-state index contributed by atoms with van der Waals surface area (Å²) in [6.45, 7) is 10.5. The van der Waals surface area contributed by atoms with Gasteiger partial charge < -0.3 is 9.73 Å². The highest BCUT2D eigenvalue weighted by Crippen LogP contribution is 2.18. The van der Waals surface area contributed by atoms with E-state index in [-0.39, 0.29) is 5.91 Å². The Labute approximate surface area is 184 Å². The molecule has 31 heavy (non-hydrogen) atoms. The first-order valence-corrected chi connectivity index (χ1v) is 10.9. The largest absolute Gasteiger partial charge is 0.447 e. The van der Waals surface area contributed by atoms with E-state index >= 15 is 0 Å². The quantitative estimate of drug-likeness (QED) is 0.504. The van der Waals surface area contributed by atoms with Crippen LogP contribution in [0.2, 0.25) is 0 Å². The summed E-state index contributed by atoms with van der Waals surface area (Å²) in [5.41, 5.74) is 3.83. The molecular weight excluding hydrogens is 388 g/mol. The molecule has 0 unspecified atom stereocenters. The van der Waals surface area contributed by atoms with E-state index in [1.807, 2.05) is 12.1 Å². The Morgan fingerprint density at radius 1 is 1.10 bits per heavy atom. The maximum atomic E-state index is 12.4. The van der Waals surface area contributed by atoms with Gasteiger partial charge in [-0.1, -0.05) is 51.1 Å². The lowest BCUT2D eigenvalue weighted by molar-refractivity contribution is 0.0945. The van der Waals surface area contributed by atoms with Crippen LogP contribution in [0, 0.1) is 0 Å². The summed E-state index contributed by atoms with van der Waals surface area (Å²) in [6.07, 6.45) is 5.88. The van der Waals surface area contributed by atoms with E-state index in [9.17, 15) is 4.79 Å². The number of nitrogens with zero attached hydrogens (tertiary/aromatic N) is 3. The number of pyridine rings is 1. The predicted octanol–water partition coefficient (Wildman–Crippen LogP) is 4.92. The average Bonchev–Trinajstić information content (AvgIpc) is 3.26.